The fourth-order valence-corrected chi connectivity index (χ4v) is 3.16. The predicted octanol–water partition coefficient (Wildman–Crippen LogP) is 5.43. The number of rotatable bonds is 6. The number of pyridine rings is 1. The minimum Gasteiger partial charge on any atom is -0.457 e. The molecule has 0 aliphatic rings. The molecule has 0 atom stereocenters. The summed E-state index contributed by atoms with van der Waals surface area (Å²) in [5.74, 6) is 1.10. The summed E-state index contributed by atoms with van der Waals surface area (Å²) in [6.45, 7) is 0. The summed E-state index contributed by atoms with van der Waals surface area (Å²) >= 11 is 5.64. The molecule has 12 heteroatoms. The average molecular weight is 489 g/mol. The average Bonchev–Trinajstić information content (AvgIpc) is 3.28. The van der Waals surface area contributed by atoms with E-state index in [0.29, 0.717) is 22.9 Å². The van der Waals surface area contributed by atoms with Gasteiger partial charge in [-0.1, -0.05) is 11.6 Å². The van der Waals surface area contributed by atoms with Crippen LogP contribution in [0, 0.1) is 0 Å². The maximum Gasteiger partial charge on any atom is 0.417 e. The van der Waals surface area contributed by atoms with Gasteiger partial charge in [0.05, 0.1) is 10.6 Å². The highest BCUT2D eigenvalue weighted by molar-refractivity contribution is 6.31. The molecule has 34 heavy (non-hydrogen) atoms. The normalized spacial score (nSPS) is 11.2. The number of aromatic nitrogens is 4. The van der Waals surface area contributed by atoms with Gasteiger partial charge in [0.1, 0.15) is 17.2 Å². The number of H-pyrrole nitrogens is 1. The Morgan fingerprint density at radius 3 is 2.53 bits per heavy atom. The molecule has 0 saturated carbocycles. The van der Waals surface area contributed by atoms with Crippen molar-refractivity contribution < 1.29 is 22.7 Å². The van der Waals surface area contributed by atoms with Crippen LogP contribution in [0.25, 0.3) is 11.4 Å². The molecule has 174 valence electrons. The molecule has 0 fully saturated rings. The molecule has 3 N–H and O–H groups in total. The van der Waals surface area contributed by atoms with E-state index in [9.17, 15) is 18.0 Å². The molecule has 0 aliphatic heterocycles. The number of nitrogens with one attached hydrogen (secondary N) is 3. The number of hydrogen-bond donors (Lipinski definition) is 3. The first-order valence-corrected chi connectivity index (χ1v) is 10.1. The van der Waals surface area contributed by atoms with Crippen LogP contribution >= 0.6 is 11.6 Å². The van der Waals surface area contributed by atoms with Crippen molar-refractivity contribution in [1.29, 1.82) is 0 Å². The molecule has 0 aliphatic carbocycles. The third kappa shape index (κ3) is 5.26. The second-order valence-electron chi connectivity index (χ2n) is 6.91. The van der Waals surface area contributed by atoms with Gasteiger partial charge in [-0.25, -0.2) is 0 Å². The maximum atomic E-state index is 13.1. The number of ether oxygens (including phenoxy) is 1. The first kappa shape index (κ1) is 23.1. The Kier molecular flexibility index (Phi) is 6.37. The summed E-state index contributed by atoms with van der Waals surface area (Å²) in [7, 11) is 1.51. The van der Waals surface area contributed by atoms with E-state index >= 15 is 0 Å². The molecule has 8 nitrogen and oxygen atoms in total. The minimum absolute atomic E-state index is 0.0873. The Hall–Kier alpha value is -4.12. The van der Waals surface area contributed by atoms with Crippen molar-refractivity contribution in [2.45, 2.75) is 6.18 Å². The highest BCUT2D eigenvalue weighted by Crippen LogP contribution is 2.36. The lowest BCUT2D eigenvalue weighted by molar-refractivity contribution is -0.137. The van der Waals surface area contributed by atoms with E-state index in [0.717, 1.165) is 12.1 Å². The Bertz CT molecular complexity index is 1320. The van der Waals surface area contributed by atoms with Crippen LogP contribution in [0.5, 0.6) is 11.5 Å². The smallest absolute Gasteiger partial charge is 0.417 e. The van der Waals surface area contributed by atoms with Crippen LogP contribution in [-0.4, -0.2) is 33.1 Å². The summed E-state index contributed by atoms with van der Waals surface area (Å²) in [4.78, 5) is 19.9. The van der Waals surface area contributed by atoms with E-state index in [1.165, 1.54) is 25.4 Å². The lowest BCUT2D eigenvalue weighted by Crippen LogP contribution is -2.18. The van der Waals surface area contributed by atoms with Crippen LogP contribution in [0.15, 0.2) is 60.8 Å². The zero-order chi connectivity index (χ0) is 24.3. The zero-order valence-corrected chi connectivity index (χ0v) is 18.2. The summed E-state index contributed by atoms with van der Waals surface area (Å²) in [5.41, 5.74) is 0.0729. The molecule has 4 rings (SSSR count). The quantitative estimate of drug-likeness (QED) is 0.334. The standard InChI is InChI=1S/C22H16ClF3N6O2/c1-27-20(33)18-11-15(8-9-28-18)34-14-5-2-12(3-6-14)19-30-21(32-31-19)29-13-4-7-17(23)16(10-13)22(24,25)26/h2-11H,1H3,(H,27,33)(H2,29,30,31,32). The van der Waals surface area contributed by atoms with Crippen molar-refractivity contribution in [1.82, 2.24) is 25.5 Å². The molecular weight excluding hydrogens is 473 g/mol. The van der Waals surface area contributed by atoms with E-state index in [1.807, 2.05) is 0 Å². The number of anilines is 2. The Morgan fingerprint density at radius 1 is 1.06 bits per heavy atom. The molecule has 2 aromatic carbocycles. The van der Waals surface area contributed by atoms with Crippen molar-refractivity contribution in [3.05, 3.63) is 77.1 Å². The van der Waals surface area contributed by atoms with Gasteiger partial charge in [0, 0.05) is 30.6 Å². The van der Waals surface area contributed by atoms with Gasteiger partial charge in [-0.3, -0.25) is 14.9 Å². The van der Waals surface area contributed by atoms with Crippen molar-refractivity contribution in [3.63, 3.8) is 0 Å². The van der Waals surface area contributed by atoms with Gasteiger partial charge in [0.2, 0.25) is 5.95 Å². The van der Waals surface area contributed by atoms with Gasteiger partial charge in [-0.05, 0) is 48.5 Å². The first-order valence-electron chi connectivity index (χ1n) is 9.75. The van der Waals surface area contributed by atoms with E-state index in [-0.39, 0.29) is 23.2 Å². The van der Waals surface area contributed by atoms with E-state index in [1.54, 1.807) is 30.3 Å². The van der Waals surface area contributed by atoms with Gasteiger partial charge in [0.15, 0.2) is 5.82 Å². The van der Waals surface area contributed by atoms with Crippen LogP contribution in [-0.2, 0) is 6.18 Å². The maximum absolute atomic E-state index is 13.1. The second-order valence-corrected chi connectivity index (χ2v) is 7.31. The Balaban J connectivity index is 1.46. The molecule has 2 aromatic heterocycles. The summed E-state index contributed by atoms with van der Waals surface area (Å²) in [6, 6.07) is 13.4. The number of carbonyl (C=O) groups excluding carboxylic acids is 1. The van der Waals surface area contributed by atoms with Crippen LogP contribution in [0.3, 0.4) is 0 Å². The summed E-state index contributed by atoms with van der Waals surface area (Å²) < 4.78 is 44.9. The summed E-state index contributed by atoms with van der Waals surface area (Å²) in [6.07, 6.45) is -3.11. The fraction of sp³-hybridized carbons (Fsp3) is 0.0909. The van der Waals surface area contributed by atoms with Crippen molar-refractivity contribution >= 4 is 29.1 Å². The lowest BCUT2D eigenvalue weighted by Gasteiger charge is -2.10. The van der Waals surface area contributed by atoms with Gasteiger partial charge >= 0.3 is 6.18 Å². The number of aromatic amines is 1. The molecule has 0 saturated heterocycles. The van der Waals surface area contributed by atoms with E-state index in [2.05, 4.69) is 30.8 Å². The molecule has 0 radical (unpaired) electrons. The molecule has 0 bridgehead atoms. The number of alkyl halides is 3. The topological polar surface area (TPSA) is 105 Å². The number of hydrogen-bond acceptors (Lipinski definition) is 6. The number of benzene rings is 2. The monoisotopic (exact) mass is 488 g/mol. The highest BCUT2D eigenvalue weighted by Gasteiger charge is 2.33. The van der Waals surface area contributed by atoms with Gasteiger partial charge in [0.25, 0.3) is 5.91 Å². The van der Waals surface area contributed by atoms with E-state index < -0.39 is 16.8 Å². The number of nitrogens with zero attached hydrogens (tertiary/aromatic N) is 3. The van der Waals surface area contributed by atoms with E-state index in [4.69, 9.17) is 16.3 Å². The summed E-state index contributed by atoms with van der Waals surface area (Å²) in [5, 5.41) is 11.5. The van der Waals surface area contributed by atoms with Crippen LogP contribution in [0.2, 0.25) is 5.02 Å². The van der Waals surface area contributed by atoms with Crippen molar-refractivity contribution in [2.75, 3.05) is 12.4 Å². The second kappa shape index (κ2) is 9.40. The van der Waals surface area contributed by atoms with Crippen LogP contribution < -0.4 is 15.4 Å². The Labute approximate surface area is 196 Å². The fourth-order valence-electron chi connectivity index (χ4n) is 2.94. The first-order chi connectivity index (χ1) is 16.2. The molecule has 1 amide bonds. The third-order valence-corrected chi connectivity index (χ3v) is 4.90. The largest absolute Gasteiger partial charge is 0.457 e. The molecular formula is C22H16ClF3N6O2. The molecule has 2 heterocycles. The third-order valence-electron chi connectivity index (χ3n) is 4.57. The lowest BCUT2D eigenvalue weighted by atomic mass is 10.2. The minimum atomic E-state index is -4.58. The van der Waals surface area contributed by atoms with Crippen molar-refractivity contribution in [3.8, 4) is 22.9 Å². The van der Waals surface area contributed by atoms with Crippen LogP contribution in [0.4, 0.5) is 24.8 Å². The van der Waals surface area contributed by atoms with Gasteiger partial charge in [-0.2, -0.15) is 18.2 Å². The zero-order valence-electron chi connectivity index (χ0n) is 17.4. The molecule has 0 spiro atoms. The van der Waals surface area contributed by atoms with Gasteiger partial charge in [-0.15, -0.1) is 5.10 Å². The number of amides is 1. The van der Waals surface area contributed by atoms with Gasteiger partial charge < -0.3 is 15.4 Å². The molecule has 0 unspecified atom stereocenters. The van der Waals surface area contributed by atoms with Crippen molar-refractivity contribution in [2.24, 2.45) is 0 Å². The number of carbonyl (C=O) groups is 1. The number of halogens is 4. The SMILES string of the molecule is CNC(=O)c1cc(Oc2ccc(-c3nc(Nc4ccc(Cl)c(C(F)(F)F)c4)n[nH]3)cc2)ccn1. The predicted molar refractivity (Wildman–Crippen MR) is 119 cm³/mol. The highest BCUT2D eigenvalue weighted by atomic mass is 35.5. The van der Waals surface area contributed by atoms with Crippen LogP contribution in [0.1, 0.15) is 16.1 Å². The Morgan fingerprint density at radius 2 is 1.82 bits per heavy atom. The molecule has 4 aromatic rings.